The lowest BCUT2D eigenvalue weighted by molar-refractivity contribution is -0.138. The van der Waals surface area contributed by atoms with Gasteiger partial charge in [-0.3, -0.25) is 9.69 Å². The smallest absolute Gasteiger partial charge is 0.304 e. The Labute approximate surface area is 153 Å². The molecule has 134 valence electrons. The Morgan fingerprint density at radius 2 is 1.88 bits per heavy atom. The Balaban J connectivity index is 1.75. The van der Waals surface area contributed by atoms with Crippen molar-refractivity contribution in [2.45, 2.75) is 31.7 Å². The zero-order chi connectivity index (χ0) is 17.8. The predicted molar refractivity (Wildman–Crippen MR) is 97.1 cm³/mol. The molecule has 0 aliphatic carbocycles. The van der Waals surface area contributed by atoms with E-state index < -0.39 is 5.97 Å². The molecule has 1 atom stereocenters. The van der Waals surface area contributed by atoms with Gasteiger partial charge in [0.05, 0.1) is 16.2 Å². The summed E-state index contributed by atoms with van der Waals surface area (Å²) in [5.74, 6) is -1.46. The van der Waals surface area contributed by atoms with Gasteiger partial charge in [-0.2, -0.15) is 0 Å². The molecule has 1 N–H and O–H groups in total. The molecular formula is C18H19F2NO2S2. The van der Waals surface area contributed by atoms with E-state index in [-0.39, 0.29) is 24.1 Å². The molecule has 3 heterocycles. The molecule has 1 saturated heterocycles. The molecule has 1 aliphatic heterocycles. The van der Waals surface area contributed by atoms with Crippen molar-refractivity contribution in [2.24, 2.45) is 0 Å². The minimum atomic E-state index is -0.783. The number of aliphatic carboxylic acids is 1. The largest absolute Gasteiger partial charge is 0.481 e. The molecule has 25 heavy (non-hydrogen) atoms. The van der Waals surface area contributed by atoms with Crippen molar-refractivity contribution >= 4 is 34.2 Å². The summed E-state index contributed by atoms with van der Waals surface area (Å²) in [5, 5.41) is 12.3. The molecule has 0 saturated carbocycles. The fourth-order valence-electron chi connectivity index (χ4n) is 3.26. The van der Waals surface area contributed by atoms with Crippen LogP contribution in [0.1, 0.15) is 35.4 Å². The van der Waals surface area contributed by atoms with Crippen LogP contribution in [-0.4, -0.2) is 35.1 Å². The van der Waals surface area contributed by atoms with E-state index in [2.05, 4.69) is 4.90 Å². The molecule has 1 fully saturated rings. The number of carboxylic acid groups (broad SMARTS) is 1. The fourth-order valence-corrected chi connectivity index (χ4v) is 4.96. The Bertz CT molecular complexity index is 726. The quantitative estimate of drug-likeness (QED) is 0.743. The topological polar surface area (TPSA) is 40.5 Å². The van der Waals surface area contributed by atoms with Gasteiger partial charge in [-0.1, -0.05) is 6.08 Å². The number of rotatable bonds is 7. The van der Waals surface area contributed by atoms with Gasteiger partial charge in [0.1, 0.15) is 11.6 Å². The van der Waals surface area contributed by atoms with Gasteiger partial charge < -0.3 is 5.11 Å². The van der Waals surface area contributed by atoms with Crippen LogP contribution in [0.2, 0.25) is 0 Å². The molecule has 0 spiro atoms. The van der Waals surface area contributed by atoms with E-state index >= 15 is 0 Å². The maximum Gasteiger partial charge on any atom is 0.304 e. The van der Waals surface area contributed by atoms with Gasteiger partial charge in [0.2, 0.25) is 0 Å². The van der Waals surface area contributed by atoms with Crippen molar-refractivity contribution in [3.05, 3.63) is 50.4 Å². The highest BCUT2D eigenvalue weighted by Gasteiger charge is 2.26. The minimum Gasteiger partial charge on any atom is -0.481 e. The third-order valence-corrected chi connectivity index (χ3v) is 6.24. The molecule has 2 aromatic rings. The highest BCUT2D eigenvalue weighted by Crippen LogP contribution is 2.35. The van der Waals surface area contributed by atoms with Crippen molar-refractivity contribution in [2.75, 3.05) is 13.1 Å². The van der Waals surface area contributed by atoms with Gasteiger partial charge >= 0.3 is 5.97 Å². The summed E-state index contributed by atoms with van der Waals surface area (Å²) in [4.78, 5) is 14.0. The van der Waals surface area contributed by atoms with Crippen LogP contribution in [-0.2, 0) is 4.79 Å². The van der Waals surface area contributed by atoms with Gasteiger partial charge in [0.15, 0.2) is 0 Å². The number of thiophene rings is 2. The molecule has 0 aromatic carbocycles. The van der Waals surface area contributed by atoms with E-state index in [9.17, 15) is 13.6 Å². The zero-order valence-electron chi connectivity index (χ0n) is 13.6. The first kappa shape index (κ1) is 18.2. The average Bonchev–Trinajstić information content (AvgIpc) is 3.27. The van der Waals surface area contributed by atoms with Crippen LogP contribution in [0.15, 0.2) is 29.0 Å². The number of hydrogen-bond donors (Lipinski definition) is 1. The molecule has 0 bridgehead atoms. The average molecular weight is 383 g/mol. The summed E-state index contributed by atoms with van der Waals surface area (Å²) in [6.07, 6.45) is 4.53. The van der Waals surface area contributed by atoms with E-state index in [0.29, 0.717) is 28.3 Å². The second-order valence-electron chi connectivity index (χ2n) is 6.03. The lowest BCUT2D eigenvalue weighted by Gasteiger charge is -2.22. The lowest BCUT2D eigenvalue weighted by atomic mass is 10.1. The van der Waals surface area contributed by atoms with Gasteiger partial charge in [0.25, 0.3) is 0 Å². The predicted octanol–water partition coefficient (Wildman–Crippen LogP) is 4.85. The van der Waals surface area contributed by atoms with E-state index in [0.717, 1.165) is 19.4 Å². The van der Waals surface area contributed by atoms with Crippen LogP contribution < -0.4 is 0 Å². The second kappa shape index (κ2) is 8.21. The van der Waals surface area contributed by atoms with Crippen molar-refractivity contribution in [1.29, 1.82) is 0 Å². The van der Waals surface area contributed by atoms with E-state index in [1.165, 1.54) is 34.8 Å². The molecule has 0 unspecified atom stereocenters. The maximum absolute atomic E-state index is 14.0. The summed E-state index contributed by atoms with van der Waals surface area (Å²) in [7, 11) is 0. The first-order valence-corrected chi connectivity index (χ1v) is 9.95. The number of nitrogens with zero attached hydrogens (tertiary/aromatic N) is 1. The van der Waals surface area contributed by atoms with Crippen LogP contribution in [0.5, 0.6) is 0 Å². The number of likely N-dealkylation sites (tertiary alicyclic amines) is 1. The summed E-state index contributed by atoms with van der Waals surface area (Å²) < 4.78 is 28.1. The SMILES string of the molecule is O=C(O)C[C@@H]1CCCN1CCC=C(c1sccc1F)c1sccc1F. The van der Waals surface area contributed by atoms with Gasteiger partial charge in [0, 0.05) is 18.2 Å². The molecular weight excluding hydrogens is 364 g/mol. The third kappa shape index (κ3) is 4.34. The Kier molecular flexibility index (Phi) is 5.98. The summed E-state index contributed by atoms with van der Waals surface area (Å²) >= 11 is 2.52. The van der Waals surface area contributed by atoms with Crippen molar-refractivity contribution in [1.82, 2.24) is 4.90 Å². The number of halogens is 2. The Hall–Kier alpha value is -1.57. The molecule has 1 aliphatic rings. The number of carboxylic acids is 1. The molecule has 3 nitrogen and oxygen atoms in total. The van der Waals surface area contributed by atoms with Gasteiger partial charge in [-0.25, -0.2) is 8.78 Å². The van der Waals surface area contributed by atoms with E-state index in [4.69, 9.17) is 5.11 Å². The Morgan fingerprint density at radius 1 is 1.24 bits per heavy atom. The molecule has 7 heteroatoms. The lowest BCUT2D eigenvalue weighted by Crippen LogP contribution is -2.32. The minimum absolute atomic E-state index is 0.0614. The maximum atomic E-state index is 14.0. The normalized spacial score (nSPS) is 17.8. The summed E-state index contributed by atoms with van der Waals surface area (Å²) in [6, 6.07) is 2.84. The summed E-state index contributed by atoms with van der Waals surface area (Å²) in [5.41, 5.74) is 0.592. The Morgan fingerprint density at radius 3 is 2.40 bits per heavy atom. The van der Waals surface area contributed by atoms with Crippen LogP contribution >= 0.6 is 22.7 Å². The zero-order valence-corrected chi connectivity index (χ0v) is 15.2. The molecule has 2 aromatic heterocycles. The second-order valence-corrected chi connectivity index (χ2v) is 7.86. The monoisotopic (exact) mass is 383 g/mol. The first-order valence-electron chi connectivity index (χ1n) is 8.19. The highest BCUT2D eigenvalue weighted by atomic mass is 32.1. The first-order chi connectivity index (χ1) is 12.1. The van der Waals surface area contributed by atoms with Gasteiger partial charge in [-0.05, 0) is 48.7 Å². The molecule has 0 amide bonds. The standard InChI is InChI=1S/C18H19F2NO2S2/c19-14-5-9-24-17(14)13(18-15(20)6-10-25-18)4-2-8-21-7-1-3-12(21)11-16(22)23/h4-6,9-10,12H,1-3,7-8,11H2,(H,22,23)/t12-/m0/s1. The van der Waals surface area contributed by atoms with Crippen molar-refractivity contribution < 1.29 is 18.7 Å². The fraction of sp³-hybridized carbons (Fsp3) is 0.389. The molecule has 0 radical (unpaired) electrons. The van der Waals surface area contributed by atoms with E-state index in [1.54, 1.807) is 10.8 Å². The number of carbonyl (C=O) groups is 1. The van der Waals surface area contributed by atoms with Crippen LogP contribution in [0, 0.1) is 11.6 Å². The van der Waals surface area contributed by atoms with E-state index in [1.807, 2.05) is 6.08 Å². The third-order valence-electron chi connectivity index (χ3n) is 4.40. The highest BCUT2D eigenvalue weighted by molar-refractivity contribution is 7.13. The van der Waals surface area contributed by atoms with Gasteiger partial charge in [-0.15, -0.1) is 22.7 Å². The van der Waals surface area contributed by atoms with Crippen molar-refractivity contribution in [3.63, 3.8) is 0 Å². The van der Waals surface area contributed by atoms with Crippen molar-refractivity contribution in [3.8, 4) is 0 Å². The van der Waals surface area contributed by atoms with Crippen LogP contribution in [0.4, 0.5) is 8.78 Å². The summed E-state index contributed by atoms with van der Waals surface area (Å²) in [6.45, 7) is 1.57. The van der Waals surface area contributed by atoms with Crippen LogP contribution in [0.3, 0.4) is 0 Å². The van der Waals surface area contributed by atoms with Crippen LogP contribution in [0.25, 0.3) is 5.57 Å². The number of hydrogen-bond acceptors (Lipinski definition) is 4. The molecule has 3 rings (SSSR count).